The number of benzene rings is 3. The molecule has 5 nitrogen and oxygen atoms in total. The standard InChI is InChI=1S/C28H31N3O2/c1-21-10-4-5-11-23(21)20-27(32)29-24-16-14-22(15-17-24)28(33)30(2)25-12-6-7-13-26(25)31-18-8-3-9-19-31/h4-7,10-17H,3,8-9,18-20H2,1-2H3,(H,29,32). The zero-order chi connectivity index (χ0) is 23.2. The quantitative estimate of drug-likeness (QED) is 0.554. The molecule has 1 fully saturated rings. The molecule has 0 aromatic heterocycles. The lowest BCUT2D eigenvalue weighted by Crippen LogP contribution is -2.33. The number of para-hydroxylation sites is 2. The lowest BCUT2D eigenvalue weighted by Gasteiger charge is -2.32. The van der Waals surface area contributed by atoms with Crippen molar-refractivity contribution in [3.63, 3.8) is 0 Å². The molecule has 1 N–H and O–H groups in total. The van der Waals surface area contributed by atoms with Gasteiger partial charge in [0.2, 0.25) is 5.91 Å². The van der Waals surface area contributed by atoms with Crippen molar-refractivity contribution >= 4 is 28.9 Å². The summed E-state index contributed by atoms with van der Waals surface area (Å²) in [6.07, 6.45) is 3.96. The number of aryl methyl sites for hydroxylation is 1. The summed E-state index contributed by atoms with van der Waals surface area (Å²) in [6, 6.07) is 23.1. The average molecular weight is 442 g/mol. The van der Waals surface area contributed by atoms with Crippen LogP contribution in [0.5, 0.6) is 0 Å². The summed E-state index contributed by atoms with van der Waals surface area (Å²) in [5, 5.41) is 2.93. The smallest absolute Gasteiger partial charge is 0.258 e. The predicted molar refractivity (Wildman–Crippen MR) is 135 cm³/mol. The zero-order valence-corrected chi connectivity index (χ0v) is 19.4. The van der Waals surface area contributed by atoms with E-state index in [-0.39, 0.29) is 11.8 Å². The highest BCUT2D eigenvalue weighted by atomic mass is 16.2. The number of nitrogens with zero attached hydrogens (tertiary/aromatic N) is 2. The number of anilines is 3. The highest BCUT2D eigenvalue weighted by molar-refractivity contribution is 6.07. The third-order valence-electron chi connectivity index (χ3n) is 6.27. The van der Waals surface area contributed by atoms with E-state index in [1.807, 2.05) is 56.4 Å². The molecule has 1 aliphatic rings. The van der Waals surface area contributed by atoms with Gasteiger partial charge in [0.1, 0.15) is 0 Å². The average Bonchev–Trinajstić information content (AvgIpc) is 2.85. The van der Waals surface area contributed by atoms with E-state index in [4.69, 9.17) is 0 Å². The van der Waals surface area contributed by atoms with Crippen LogP contribution in [0, 0.1) is 6.92 Å². The van der Waals surface area contributed by atoms with E-state index in [0.717, 1.165) is 35.6 Å². The van der Waals surface area contributed by atoms with Gasteiger partial charge in [-0.05, 0) is 73.7 Å². The first-order valence-electron chi connectivity index (χ1n) is 11.6. The molecule has 0 unspecified atom stereocenters. The summed E-state index contributed by atoms with van der Waals surface area (Å²) >= 11 is 0. The van der Waals surface area contributed by atoms with Crippen molar-refractivity contribution in [2.45, 2.75) is 32.6 Å². The van der Waals surface area contributed by atoms with Crippen molar-refractivity contribution in [2.24, 2.45) is 0 Å². The number of hydrogen-bond donors (Lipinski definition) is 1. The van der Waals surface area contributed by atoms with Crippen LogP contribution < -0.4 is 15.1 Å². The second-order valence-electron chi connectivity index (χ2n) is 8.63. The number of hydrogen-bond acceptors (Lipinski definition) is 3. The fraction of sp³-hybridized carbons (Fsp3) is 0.286. The highest BCUT2D eigenvalue weighted by Crippen LogP contribution is 2.31. The summed E-state index contributed by atoms with van der Waals surface area (Å²) in [7, 11) is 1.82. The van der Waals surface area contributed by atoms with Gasteiger partial charge in [-0.2, -0.15) is 0 Å². The molecule has 0 aliphatic carbocycles. The van der Waals surface area contributed by atoms with Crippen LogP contribution in [0.2, 0.25) is 0 Å². The second kappa shape index (κ2) is 10.3. The SMILES string of the molecule is Cc1ccccc1CC(=O)Nc1ccc(C(=O)N(C)c2ccccc2N2CCCCC2)cc1. The van der Waals surface area contributed by atoms with Gasteiger partial charge in [-0.15, -0.1) is 0 Å². The first-order valence-corrected chi connectivity index (χ1v) is 11.6. The van der Waals surface area contributed by atoms with Gasteiger partial charge in [-0.1, -0.05) is 36.4 Å². The normalized spacial score (nSPS) is 13.5. The lowest BCUT2D eigenvalue weighted by molar-refractivity contribution is -0.115. The summed E-state index contributed by atoms with van der Waals surface area (Å²) in [4.78, 5) is 29.7. The Labute approximate surface area is 196 Å². The predicted octanol–water partition coefficient (Wildman–Crippen LogP) is 5.44. The van der Waals surface area contributed by atoms with Crippen molar-refractivity contribution in [3.8, 4) is 0 Å². The molecule has 3 aromatic carbocycles. The Morgan fingerprint density at radius 2 is 1.55 bits per heavy atom. The fourth-order valence-electron chi connectivity index (χ4n) is 4.34. The molecule has 0 saturated carbocycles. The topological polar surface area (TPSA) is 52.7 Å². The van der Waals surface area contributed by atoms with Crippen LogP contribution in [-0.4, -0.2) is 32.0 Å². The molecule has 0 atom stereocenters. The van der Waals surface area contributed by atoms with E-state index in [2.05, 4.69) is 16.3 Å². The summed E-state index contributed by atoms with van der Waals surface area (Å²) in [5.41, 5.74) is 5.40. The van der Waals surface area contributed by atoms with E-state index in [1.54, 1.807) is 29.2 Å². The monoisotopic (exact) mass is 441 g/mol. The van der Waals surface area contributed by atoms with Gasteiger partial charge in [0.15, 0.2) is 0 Å². The molecule has 3 aromatic rings. The van der Waals surface area contributed by atoms with E-state index in [1.165, 1.54) is 19.3 Å². The second-order valence-corrected chi connectivity index (χ2v) is 8.63. The van der Waals surface area contributed by atoms with Gasteiger partial charge in [-0.3, -0.25) is 9.59 Å². The third-order valence-corrected chi connectivity index (χ3v) is 6.27. The van der Waals surface area contributed by atoms with Crippen LogP contribution in [0.1, 0.15) is 40.7 Å². The largest absolute Gasteiger partial charge is 0.370 e. The Hall–Kier alpha value is -3.60. The molecule has 2 amide bonds. The highest BCUT2D eigenvalue weighted by Gasteiger charge is 2.20. The zero-order valence-electron chi connectivity index (χ0n) is 19.4. The third kappa shape index (κ3) is 5.43. The van der Waals surface area contributed by atoms with Gasteiger partial charge in [0.25, 0.3) is 5.91 Å². The molecule has 1 aliphatic heterocycles. The molecular weight excluding hydrogens is 410 g/mol. The summed E-state index contributed by atoms with van der Waals surface area (Å²) in [6.45, 7) is 4.05. The maximum Gasteiger partial charge on any atom is 0.258 e. The van der Waals surface area contributed by atoms with Crippen molar-refractivity contribution in [3.05, 3.63) is 89.5 Å². The molecule has 1 heterocycles. The minimum Gasteiger partial charge on any atom is -0.370 e. The molecule has 4 rings (SSSR count). The van der Waals surface area contributed by atoms with Crippen LogP contribution >= 0.6 is 0 Å². The minimum atomic E-state index is -0.0732. The van der Waals surface area contributed by atoms with Crippen LogP contribution in [0.3, 0.4) is 0 Å². The van der Waals surface area contributed by atoms with Gasteiger partial charge in [-0.25, -0.2) is 0 Å². The molecule has 0 radical (unpaired) electrons. The van der Waals surface area contributed by atoms with E-state index in [9.17, 15) is 9.59 Å². The Morgan fingerprint density at radius 1 is 0.879 bits per heavy atom. The van der Waals surface area contributed by atoms with Gasteiger partial charge >= 0.3 is 0 Å². The van der Waals surface area contributed by atoms with Gasteiger partial charge in [0.05, 0.1) is 17.8 Å². The Kier molecular flexibility index (Phi) is 7.08. The molecule has 1 saturated heterocycles. The fourth-order valence-corrected chi connectivity index (χ4v) is 4.34. The Bertz CT molecular complexity index is 1120. The van der Waals surface area contributed by atoms with Crippen molar-refractivity contribution in [1.29, 1.82) is 0 Å². The first kappa shape index (κ1) is 22.6. The Balaban J connectivity index is 1.43. The van der Waals surface area contributed by atoms with Crippen LogP contribution in [0.25, 0.3) is 0 Å². The van der Waals surface area contributed by atoms with Crippen molar-refractivity contribution < 1.29 is 9.59 Å². The number of carbonyl (C=O) groups excluding carboxylic acids is 2. The van der Waals surface area contributed by atoms with Gasteiger partial charge in [0, 0.05) is 31.4 Å². The van der Waals surface area contributed by atoms with E-state index >= 15 is 0 Å². The van der Waals surface area contributed by atoms with E-state index < -0.39 is 0 Å². The number of nitrogens with one attached hydrogen (secondary N) is 1. The Morgan fingerprint density at radius 3 is 2.27 bits per heavy atom. The number of rotatable bonds is 6. The molecule has 0 spiro atoms. The number of piperidine rings is 1. The number of carbonyl (C=O) groups is 2. The molecule has 5 heteroatoms. The van der Waals surface area contributed by atoms with Crippen LogP contribution in [0.4, 0.5) is 17.1 Å². The van der Waals surface area contributed by atoms with Crippen LogP contribution in [-0.2, 0) is 11.2 Å². The minimum absolute atomic E-state index is 0.0720. The summed E-state index contributed by atoms with van der Waals surface area (Å²) < 4.78 is 0. The molecular formula is C28H31N3O2. The van der Waals surface area contributed by atoms with Crippen molar-refractivity contribution in [1.82, 2.24) is 0 Å². The maximum absolute atomic E-state index is 13.2. The maximum atomic E-state index is 13.2. The molecule has 170 valence electrons. The first-order chi connectivity index (χ1) is 16.0. The van der Waals surface area contributed by atoms with E-state index in [0.29, 0.717) is 17.7 Å². The molecule has 0 bridgehead atoms. The van der Waals surface area contributed by atoms with Crippen molar-refractivity contribution in [2.75, 3.05) is 35.3 Å². The number of amides is 2. The van der Waals surface area contributed by atoms with Crippen LogP contribution in [0.15, 0.2) is 72.8 Å². The summed E-state index contributed by atoms with van der Waals surface area (Å²) in [5.74, 6) is -0.145. The van der Waals surface area contributed by atoms with Gasteiger partial charge < -0.3 is 15.1 Å². The molecule has 33 heavy (non-hydrogen) atoms. The lowest BCUT2D eigenvalue weighted by atomic mass is 10.1.